The predicted molar refractivity (Wildman–Crippen MR) is 72.3 cm³/mol. The predicted octanol–water partition coefficient (Wildman–Crippen LogP) is 3.94. The normalized spacial score (nSPS) is 12.3. The van der Waals surface area contributed by atoms with Crippen molar-refractivity contribution in [2.45, 2.75) is 46.7 Å². The molecule has 0 bridgehead atoms. The number of nitrogens with one attached hydrogen (secondary N) is 1. The average molecular weight is 231 g/mol. The first-order valence-electron chi connectivity index (χ1n) is 6.10. The summed E-state index contributed by atoms with van der Waals surface area (Å²) in [5.74, 6) is 1.00. The van der Waals surface area contributed by atoms with Gasteiger partial charge >= 0.3 is 0 Å². The van der Waals surface area contributed by atoms with E-state index in [-0.39, 0.29) is 5.54 Å². The van der Waals surface area contributed by atoms with Crippen molar-refractivity contribution >= 4 is 11.0 Å². The van der Waals surface area contributed by atoms with Crippen molar-refractivity contribution in [3.63, 3.8) is 0 Å². The summed E-state index contributed by atoms with van der Waals surface area (Å²) in [4.78, 5) is 0. The minimum absolute atomic E-state index is 0.115. The number of fused-ring (bicyclic) bond motifs is 1. The molecule has 1 heterocycles. The van der Waals surface area contributed by atoms with Gasteiger partial charge in [0.1, 0.15) is 11.3 Å². The molecule has 1 aromatic carbocycles. The van der Waals surface area contributed by atoms with Crippen LogP contribution in [0.3, 0.4) is 0 Å². The van der Waals surface area contributed by atoms with Crippen LogP contribution in [0, 0.1) is 13.8 Å². The quantitative estimate of drug-likeness (QED) is 0.847. The van der Waals surface area contributed by atoms with Crippen molar-refractivity contribution in [3.8, 4) is 0 Å². The van der Waals surface area contributed by atoms with Gasteiger partial charge in [-0.15, -0.1) is 0 Å². The maximum absolute atomic E-state index is 5.89. The van der Waals surface area contributed by atoms with Crippen molar-refractivity contribution < 1.29 is 4.42 Å². The molecule has 0 radical (unpaired) electrons. The molecule has 0 spiro atoms. The highest BCUT2D eigenvalue weighted by Gasteiger charge is 2.11. The Balaban J connectivity index is 2.29. The van der Waals surface area contributed by atoms with Crippen molar-refractivity contribution in [3.05, 3.63) is 35.1 Å². The molecule has 1 aromatic heterocycles. The third-order valence-corrected chi connectivity index (χ3v) is 2.79. The molecule has 0 saturated heterocycles. The fraction of sp³-hybridized carbons (Fsp3) is 0.467. The summed E-state index contributed by atoms with van der Waals surface area (Å²) in [5, 5.41) is 4.64. The van der Waals surface area contributed by atoms with Crippen LogP contribution in [0.1, 0.15) is 37.7 Å². The third kappa shape index (κ3) is 2.89. The van der Waals surface area contributed by atoms with Gasteiger partial charge in [-0.25, -0.2) is 0 Å². The molecule has 0 atom stereocenters. The maximum atomic E-state index is 5.89. The lowest BCUT2D eigenvalue weighted by Crippen LogP contribution is -2.34. The Bertz CT molecular complexity index is 532. The Morgan fingerprint density at radius 2 is 1.82 bits per heavy atom. The lowest BCUT2D eigenvalue weighted by Gasteiger charge is -2.19. The van der Waals surface area contributed by atoms with Crippen molar-refractivity contribution in [2.75, 3.05) is 0 Å². The lowest BCUT2D eigenvalue weighted by molar-refractivity contribution is 0.395. The van der Waals surface area contributed by atoms with E-state index in [4.69, 9.17) is 4.42 Å². The molecule has 92 valence electrons. The molecule has 0 fully saturated rings. The van der Waals surface area contributed by atoms with Crippen LogP contribution in [0.5, 0.6) is 0 Å². The van der Waals surface area contributed by atoms with Crippen LogP contribution < -0.4 is 5.32 Å². The molecule has 0 aliphatic rings. The molecular formula is C15H21NO. The van der Waals surface area contributed by atoms with E-state index in [1.807, 2.05) is 0 Å². The molecule has 0 amide bonds. The zero-order chi connectivity index (χ0) is 12.6. The maximum Gasteiger partial charge on any atom is 0.137 e. The zero-order valence-electron chi connectivity index (χ0n) is 11.3. The van der Waals surface area contributed by atoms with Crippen LogP contribution in [-0.2, 0) is 6.54 Å². The van der Waals surface area contributed by atoms with E-state index in [1.54, 1.807) is 0 Å². The van der Waals surface area contributed by atoms with E-state index in [1.165, 1.54) is 16.5 Å². The molecule has 1 N–H and O–H groups in total. The van der Waals surface area contributed by atoms with Crippen LogP contribution >= 0.6 is 0 Å². The van der Waals surface area contributed by atoms with Crippen molar-refractivity contribution in [2.24, 2.45) is 0 Å². The van der Waals surface area contributed by atoms with Crippen LogP contribution in [0.25, 0.3) is 11.0 Å². The summed E-state index contributed by atoms with van der Waals surface area (Å²) in [7, 11) is 0. The highest BCUT2D eigenvalue weighted by molar-refractivity contribution is 5.81. The Morgan fingerprint density at radius 1 is 1.12 bits per heavy atom. The summed E-state index contributed by atoms with van der Waals surface area (Å²) >= 11 is 0. The minimum Gasteiger partial charge on any atom is -0.459 e. The summed E-state index contributed by atoms with van der Waals surface area (Å²) in [6, 6.07) is 6.47. The van der Waals surface area contributed by atoms with Gasteiger partial charge in [0.2, 0.25) is 0 Å². The van der Waals surface area contributed by atoms with E-state index in [9.17, 15) is 0 Å². The highest BCUT2D eigenvalue weighted by Crippen LogP contribution is 2.24. The third-order valence-electron chi connectivity index (χ3n) is 2.79. The topological polar surface area (TPSA) is 25.2 Å². The average Bonchev–Trinajstić information content (AvgIpc) is 2.56. The molecule has 2 nitrogen and oxygen atoms in total. The smallest absolute Gasteiger partial charge is 0.137 e. The number of benzene rings is 1. The highest BCUT2D eigenvalue weighted by atomic mass is 16.3. The van der Waals surface area contributed by atoms with Crippen molar-refractivity contribution in [1.82, 2.24) is 5.32 Å². The number of aryl methyl sites for hydroxylation is 2. The van der Waals surface area contributed by atoms with Gasteiger partial charge in [0.05, 0.1) is 6.54 Å². The zero-order valence-corrected chi connectivity index (χ0v) is 11.3. The number of furan rings is 1. The molecule has 2 rings (SSSR count). The molecule has 0 saturated carbocycles. The Hall–Kier alpha value is -1.28. The van der Waals surface area contributed by atoms with Gasteiger partial charge in [0.25, 0.3) is 0 Å². The SMILES string of the molecule is Cc1cc(C)c2oc(CNC(C)(C)C)cc2c1. The van der Waals surface area contributed by atoms with Crippen LogP contribution in [0.2, 0.25) is 0 Å². The van der Waals surface area contributed by atoms with Gasteiger partial charge in [0.15, 0.2) is 0 Å². The Labute approximate surface area is 103 Å². The molecular weight excluding hydrogens is 210 g/mol. The Kier molecular flexibility index (Phi) is 3.00. The number of hydrogen-bond donors (Lipinski definition) is 1. The molecule has 17 heavy (non-hydrogen) atoms. The molecule has 2 heteroatoms. The van der Waals surface area contributed by atoms with Crippen LogP contribution in [-0.4, -0.2) is 5.54 Å². The molecule has 0 unspecified atom stereocenters. The molecule has 0 aliphatic heterocycles. The van der Waals surface area contributed by atoms with Gasteiger partial charge in [-0.2, -0.15) is 0 Å². The second-order valence-corrected chi connectivity index (χ2v) is 5.82. The fourth-order valence-corrected chi connectivity index (χ4v) is 2.01. The number of hydrogen-bond acceptors (Lipinski definition) is 2. The van der Waals surface area contributed by atoms with Crippen LogP contribution in [0.4, 0.5) is 0 Å². The van der Waals surface area contributed by atoms with Gasteiger partial charge < -0.3 is 9.73 Å². The van der Waals surface area contributed by atoms with Gasteiger partial charge in [-0.3, -0.25) is 0 Å². The number of rotatable bonds is 2. The summed E-state index contributed by atoms with van der Waals surface area (Å²) in [6.45, 7) is 11.5. The summed E-state index contributed by atoms with van der Waals surface area (Å²) in [5.41, 5.74) is 3.62. The van der Waals surface area contributed by atoms with E-state index in [0.717, 1.165) is 17.9 Å². The lowest BCUT2D eigenvalue weighted by atomic mass is 10.1. The second kappa shape index (κ2) is 4.19. The van der Waals surface area contributed by atoms with Gasteiger partial charge in [0, 0.05) is 10.9 Å². The van der Waals surface area contributed by atoms with E-state index in [2.05, 4.69) is 58.1 Å². The van der Waals surface area contributed by atoms with Gasteiger partial charge in [-0.05, 0) is 52.3 Å². The first-order valence-corrected chi connectivity index (χ1v) is 6.10. The second-order valence-electron chi connectivity index (χ2n) is 5.82. The first-order chi connectivity index (χ1) is 7.85. The van der Waals surface area contributed by atoms with Crippen LogP contribution in [0.15, 0.2) is 22.6 Å². The Morgan fingerprint density at radius 3 is 2.47 bits per heavy atom. The molecule has 2 aromatic rings. The fourth-order valence-electron chi connectivity index (χ4n) is 2.01. The first kappa shape index (κ1) is 12.2. The molecule has 0 aliphatic carbocycles. The monoisotopic (exact) mass is 231 g/mol. The largest absolute Gasteiger partial charge is 0.459 e. The van der Waals surface area contributed by atoms with E-state index < -0.39 is 0 Å². The standard InChI is InChI=1S/C15H21NO/c1-10-6-11(2)14-12(7-10)8-13(17-14)9-16-15(3,4)5/h6-8,16H,9H2,1-5H3. The van der Waals surface area contributed by atoms with Crippen molar-refractivity contribution in [1.29, 1.82) is 0 Å². The van der Waals surface area contributed by atoms with Gasteiger partial charge in [-0.1, -0.05) is 11.6 Å². The summed E-state index contributed by atoms with van der Waals surface area (Å²) < 4.78 is 5.89. The minimum atomic E-state index is 0.115. The summed E-state index contributed by atoms with van der Waals surface area (Å²) in [6.07, 6.45) is 0. The van der Waals surface area contributed by atoms with E-state index >= 15 is 0 Å². The van der Waals surface area contributed by atoms with E-state index in [0.29, 0.717) is 0 Å².